The van der Waals surface area contributed by atoms with E-state index < -0.39 is 11.4 Å². The number of carboxylic acids is 1. The van der Waals surface area contributed by atoms with Crippen LogP contribution in [-0.2, 0) is 17.3 Å². The van der Waals surface area contributed by atoms with E-state index in [9.17, 15) is 9.90 Å². The molecule has 0 spiro atoms. The van der Waals surface area contributed by atoms with Gasteiger partial charge in [-0.3, -0.25) is 9.48 Å². The minimum atomic E-state index is -0.728. The molecular weight excluding hydrogens is 180 g/mol. The SMILES string of the molecule is Cn1ccc(C2(C(=O)O)CCCC2)n1. The van der Waals surface area contributed by atoms with E-state index in [1.807, 2.05) is 13.1 Å². The van der Waals surface area contributed by atoms with Crippen LogP contribution in [-0.4, -0.2) is 20.9 Å². The third-order valence-corrected chi connectivity index (χ3v) is 3.07. The number of hydrogen-bond acceptors (Lipinski definition) is 2. The van der Waals surface area contributed by atoms with Gasteiger partial charge in [0.1, 0.15) is 5.41 Å². The van der Waals surface area contributed by atoms with E-state index in [0.29, 0.717) is 5.69 Å². The molecule has 76 valence electrons. The topological polar surface area (TPSA) is 55.1 Å². The van der Waals surface area contributed by atoms with E-state index in [1.165, 1.54) is 0 Å². The number of rotatable bonds is 2. The van der Waals surface area contributed by atoms with Crippen LogP contribution in [0, 0.1) is 0 Å². The van der Waals surface area contributed by atoms with Crippen LogP contribution >= 0.6 is 0 Å². The molecule has 4 heteroatoms. The van der Waals surface area contributed by atoms with Gasteiger partial charge in [-0.25, -0.2) is 0 Å². The van der Waals surface area contributed by atoms with E-state index >= 15 is 0 Å². The summed E-state index contributed by atoms with van der Waals surface area (Å²) in [5.41, 5.74) is 0.00588. The third kappa shape index (κ3) is 1.22. The zero-order valence-corrected chi connectivity index (χ0v) is 8.23. The maximum absolute atomic E-state index is 11.3. The van der Waals surface area contributed by atoms with E-state index in [-0.39, 0.29) is 0 Å². The minimum Gasteiger partial charge on any atom is -0.481 e. The third-order valence-electron chi connectivity index (χ3n) is 3.07. The fourth-order valence-corrected chi connectivity index (χ4v) is 2.23. The van der Waals surface area contributed by atoms with Crippen molar-refractivity contribution in [3.63, 3.8) is 0 Å². The summed E-state index contributed by atoms with van der Waals surface area (Å²) in [6.07, 6.45) is 5.22. The molecule has 0 saturated heterocycles. The normalized spacial score (nSPS) is 19.8. The van der Waals surface area contributed by atoms with Crippen LogP contribution in [0.4, 0.5) is 0 Å². The van der Waals surface area contributed by atoms with Gasteiger partial charge >= 0.3 is 5.97 Å². The molecule has 0 aliphatic heterocycles. The zero-order valence-electron chi connectivity index (χ0n) is 8.23. The number of aromatic nitrogens is 2. The molecule has 1 aromatic rings. The van der Waals surface area contributed by atoms with Crippen LogP contribution in [0.1, 0.15) is 31.4 Å². The summed E-state index contributed by atoms with van der Waals surface area (Å²) in [6.45, 7) is 0. The smallest absolute Gasteiger partial charge is 0.315 e. The standard InChI is InChI=1S/C10H14N2O2/c1-12-7-4-8(11-12)10(9(13)14)5-2-3-6-10/h4,7H,2-3,5-6H2,1H3,(H,13,14). The molecule has 2 rings (SSSR count). The van der Waals surface area contributed by atoms with Crippen molar-refractivity contribution in [3.8, 4) is 0 Å². The average molecular weight is 194 g/mol. The van der Waals surface area contributed by atoms with Crippen LogP contribution in [0.15, 0.2) is 12.3 Å². The summed E-state index contributed by atoms with van der Waals surface area (Å²) in [4.78, 5) is 11.3. The highest BCUT2D eigenvalue weighted by molar-refractivity contribution is 5.81. The van der Waals surface area contributed by atoms with Crippen molar-refractivity contribution >= 4 is 5.97 Å². The van der Waals surface area contributed by atoms with Gasteiger partial charge in [0.15, 0.2) is 0 Å². The molecule has 1 fully saturated rings. The summed E-state index contributed by atoms with van der Waals surface area (Å²) in [6, 6.07) is 1.82. The summed E-state index contributed by atoms with van der Waals surface area (Å²) in [7, 11) is 1.81. The van der Waals surface area contributed by atoms with Gasteiger partial charge in [-0.05, 0) is 18.9 Å². The van der Waals surface area contributed by atoms with Crippen molar-refractivity contribution in [1.82, 2.24) is 9.78 Å². The molecule has 1 N–H and O–H groups in total. The number of aliphatic carboxylic acids is 1. The molecule has 0 aromatic carbocycles. The Labute approximate surface area is 82.5 Å². The first kappa shape index (κ1) is 9.24. The zero-order chi connectivity index (χ0) is 10.2. The lowest BCUT2D eigenvalue weighted by molar-refractivity contribution is -0.143. The largest absolute Gasteiger partial charge is 0.481 e. The number of nitrogens with zero attached hydrogens (tertiary/aromatic N) is 2. The monoisotopic (exact) mass is 194 g/mol. The second-order valence-electron chi connectivity index (χ2n) is 3.97. The average Bonchev–Trinajstić information content (AvgIpc) is 2.71. The molecule has 1 aromatic heterocycles. The fourth-order valence-electron chi connectivity index (χ4n) is 2.23. The Balaban J connectivity index is 2.41. The quantitative estimate of drug-likeness (QED) is 0.772. The van der Waals surface area contributed by atoms with Gasteiger partial charge in [-0.15, -0.1) is 0 Å². The minimum absolute atomic E-state index is 0.707. The van der Waals surface area contributed by atoms with Gasteiger partial charge in [0.05, 0.1) is 5.69 Å². The van der Waals surface area contributed by atoms with Crippen LogP contribution in [0.5, 0.6) is 0 Å². The predicted octanol–water partition coefficient (Wildman–Crippen LogP) is 1.32. The summed E-state index contributed by atoms with van der Waals surface area (Å²) in [5, 5.41) is 13.5. The van der Waals surface area contributed by atoms with Gasteiger partial charge in [0.2, 0.25) is 0 Å². The highest BCUT2D eigenvalue weighted by Gasteiger charge is 2.44. The molecular formula is C10H14N2O2. The van der Waals surface area contributed by atoms with Crippen LogP contribution in [0.25, 0.3) is 0 Å². The molecule has 1 aliphatic carbocycles. The van der Waals surface area contributed by atoms with Crippen molar-refractivity contribution in [2.24, 2.45) is 7.05 Å². The molecule has 4 nitrogen and oxygen atoms in total. The fraction of sp³-hybridized carbons (Fsp3) is 0.600. The van der Waals surface area contributed by atoms with E-state index in [0.717, 1.165) is 25.7 Å². The van der Waals surface area contributed by atoms with E-state index in [1.54, 1.807) is 10.9 Å². The lowest BCUT2D eigenvalue weighted by atomic mass is 9.83. The van der Waals surface area contributed by atoms with Gasteiger partial charge < -0.3 is 5.11 Å². The molecule has 1 saturated carbocycles. The Kier molecular flexibility index (Phi) is 2.06. The highest BCUT2D eigenvalue weighted by atomic mass is 16.4. The maximum Gasteiger partial charge on any atom is 0.315 e. The van der Waals surface area contributed by atoms with Crippen molar-refractivity contribution in [2.75, 3.05) is 0 Å². The number of hydrogen-bond donors (Lipinski definition) is 1. The Hall–Kier alpha value is -1.32. The van der Waals surface area contributed by atoms with Gasteiger partial charge in [0, 0.05) is 13.2 Å². The van der Waals surface area contributed by atoms with Gasteiger partial charge in [0.25, 0.3) is 0 Å². The van der Waals surface area contributed by atoms with Crippen molar-refractivity contribution in [3.05, 3.63) is 18.0 Å². The van der Waals surface area contributed by atoms with Crippen molar-refractivity contribution in [2.45, 2.75) is 31.1 Å². The number of carbonyl (C=O) groups is 1. The Morgan fingerprint density at radius 1 is 1.57 bits per heavy atom. The molecule has 0 atom stereocenters. The van der Waals surface area contributed by atoms with Crippen LogP contribution in [0.3, 0.4) is 0 Å². The van der Waals surface area contributed by atoms with Gasteiger partial charge in [-0.2, -0.15) is 5.10 Å². The maximum atomic E-state index is 11.3. The first-order chi connectivity index (χ1) is 6.65. The Morgan fingerprint density at radius 3 is 2.64 bits per heavy atom. The van der Waals surface area contributed by atoms with E-state index in [4.69, 9.17) is 0 Å². The lowest BCUT2D eigenvalue weighted by Gasteiger charge is -2.20. The molecule has 0 bridgehead atoms. The summed E-state index contributed by atoms with van der Waals surface area (Å²) in [5.74, 6) is -0.728. The van der Waals surface area contributed by atoms with Crippen LogP contribution < -0.4 is 0 Å². The van der Waals surface area contributed by atoms with Crippen LogP contribution in [0.2, 0.25) is 0 Å². The predicted molar refractivity (Wildman–Crippen MR) is 51.0 cm³/mol. The molecule has 1 aliphatic rings. The molecule has 0 unspecified atom stereocenters. The first-order valence-electron chi connectivity index (χ1n) is 4.89. The summed E-state index contributed by atoms with van der Waals surface area (Å²) >= 11 is 0. The molecule has 0 radical (unpaired) electrons. The van der Waals surface area contributed by atoms with Crippen molar-refractivity contribution in [1.29, 1.82) is 0 Å². The Morgan fingerprint density at radius 2 is 2.21 bits per heavy atom. The first-order valence-corrected chi connectivity index (χ1v) is 4.89. The highest BCUT2D eigenvalue weighted by Crippen LogP contribution is 2.40. The van der Waals surface area contributed by atoms with Gasteiger partial charge in [-0.1, -0.05) is 12.8 Å². The summed E-state index contributed by atoms with van der Waals surface area (Å²) < 4.78 is 1.67. The molecule has 14 heavy (non-hydrogen) atoms. The van der Waals surface area contributed by atoms with Crippen molar-refractivity contribution < 1.29 is 9.90 Å². The molecule has 0 amide bonds. The number of carboxylic acid groups (broad SMARTS) is 1. The second kappa shape index (κ2) is 3.12. The molecule has 1 heterocycles. The second-order valence-corrected chi connectivity index (χ2v) is 3.97. The van der Waals surface area contributed by atoms with E-state index in [2.05, 4.69) is 5.10 Å². The number of aryl methyl sites for hydroxylation is 1. The Bertz CT molecular complexity index is 351. The lowest BCUT2D eigenvalue weighted by Crippen LogP contribution is -2.33.